The minimum atomic E-state index is 0.630. The third kappa shape index (κ3) is 1.39. The maximum absolute atomic E-state index is 6.03. The van der Waals surface area contributed by atoms with E-state index in [1.54, 1.807) is 10.9 Å². The van der Waals surface area contributed by atoms with Gasteiger partial charge in [0, 0.05) is 6.54 Å². The third-order valence-electron chi connectivity index (χ3n) is 1.76. The summed E-state index contributed by atoms with van der Waals surface area (Å²) in [5.41, 5.74) is 0.743. The highest BCUT2D eigenvalue weighted by atomic mass is 127. The van der Waals surface area contributed by atoms with Crippen LogP contribution < -0.4 is 0 Å². The molecule has 0 unspecified atom stereocenters. The van der Waals surface area contributed by atoms with Gasteiger partial charge in [0.15, 0.2) is 5.65 Å². The first-order chi connectivity index (χ1) is 6.24. The molecule has 0 atom stereocenters. The number of aryl methyl sites for hydroxylation is 1. The van der Waals surface area contributed by atoms with E-state index in [1.807, 2.05) is 6.92 Å². The van der Waals surface area contributed by atoms with Crippen molar-refractivity contribution in [1.29, 1.82) is 0 Å². The van der Waals surface area contributed by atoms with Crippen LogP contribution in [0, 0.1) is 3.70 Å². The van der Waals surface area contributed by atoms with E-state index in [-0.39, 0.29) is 0 Å². The smallest absolute Gasteiger partial charge is 0.181 e. The van der Waals surface area contributed by atoms with E-state index in [2.05, 4.69) is 37.9 Å². The van der Waals surface area contributed by atoms with Gasteiger partial charge in [-0.05, 0) is 29.5 Å². The van der Waals surface area contributed by atoms with Crippen LogP contribution in [-0.4, -0.2) is 20.0 Å². The van der Waals surface area contributed by atoms with Crippen molar-refractivity contribution in [2.24, 2.45) is 0 Å². The summed E-state index contributed by atoms with van der Waals surface area (Å²) >= 11 is 8.08. The number of hydrogen-bond acceptors (Lipinski definition) is 3. The van der Waals surface area contributed by atoms with Crippen LogP contribution in [0.2, 0.25) is 5.02 Å². The molecule has 4 nitrogen and oxygen atoms in total. The number of nitrogens with zero attached hydrogens (tertiary/aromatic N) is 4. The van der Waals surface area contributed by atoms with Gasteiger partial charge < -0.3 is 0 Å². The summed E-state index contributed by atoms with van der Waals surface area (Å²) in [4.78, 5) is 0. The Morgan fingerprint density at radius 3 is 3.00 bits per heavy atom. The van der Waals surface area contributed by atoms with E-state index in [1.165, 1.54) is 0 Å². The SMILES string of the molecule is CCn1ncc2c(Cl)c(I)nnc21. The molecule has 0 aliphatic rings. The lowest BCUT2D eigenvalue weighted by molar-refractivity contribution is 0.672. The van der Waals surface area contributed by atoms with E-state index in [4.69, 9.17) is 11.6 Å². The van der Waals surface area contributed by atoms with E-state index in [9.17, 15) is 0 Å². The standard InChI is InChI=1S/C7H6ClIN4/c1-2-13-7-4(3-10-13)5(8)6(9)11-12-7/h3H,2H2,1H3. The largest absolute Gasteiger partial charge is 0.246 e. The molecule has 2 aromatic heterocycles. The Kier molecular flexibility index (Phi) is 2.37. The first kappa shape index (κ1) is 9.14. The molecule has 0 N–H and O–H groups in total. The number of aromatic nitrogens is 4. The van der Waals surface area contributed by atoms with Gasteiger partial charge in [-0.25, -0.2) is 4.68 Å². The topological polar surface area (TPSA) is 43.6 Å². The molecule has 0 bridgehead atoms. The van der Waals surface area contributed by atoms with E-state index < -0.39 is 0 Å². The van der Waals surface area contributed by atoms with Gasteiger partial charge >= 0.3 is 0 Å². The summed E-state index contributed by atoms with van der Waals surface area (Å²) in [6.07, 6.45) is 1.72. The predicted octanol–water partition coefficient (Wildman–Crippen LogP) is 2.10. The molecular formula is C7H6ClIN4. The summed E-state index contributed by atoms with van der Waals surface area (Å²) in [7, 11) is 0. The Morgan fingerprint density at radius 2 is 2.31 bits per heavy atom. The van der Waals surface area contributed by atoms with Gasteiger partial charge in [0.1, 0.15) is 3.70 Å². The van der Waals surface area contributed by atoms with Crippen molar-refractivity contribution in [3.8, 4) is 0 Å². The lowest BCUT2D eigenvalue weighted by Crippen LogP contribution is -1.99. The van der Waals surface area contributed by atoms with Gasteiger partial charge in [-0.15, -0.1) is 10.2 Å². The molecule has 2 heterocycles. The quantitative estimate of drug-likeness (QED) is 0.758. The summed E-state index contributed by atoms with van der Waals surface area (Å²) in [5, 5.41) is 13.6. The van der Waals surface area contributed by atoms with Crippen LogP contribution >= 0.6 is 34.2 Å². The van der Waals surface area contributed by atoms with Crippen molar-refractivity contribution >= 4 is 45.2 Å². The first-order valence-electron chi connectivity index (χ1n) is 3.77. The average Bonchev–Trinajstić information content (AvgIpc) is 2.55. The van der Waals surface area contributed by atoms with Crippen molar-refractivity contribution in [1.82, 2.24) is 20.0 Å². The molecule has 0 amide bonds. The van der Waals surface area contributed by atoms with E-state index >= 15 is 0 Å². The zero-order valence-electron chi connectivity index (χ0n) is 6.83. The van der Waals surface area contributed by atoms with Gasteiger partial charge in [-0.2, -0.15) is 5.10 Å². The number of fused-ring (bicyclic) bond motifs is 1. The third-order valence-corrected chi connectivity index (χ3v) is 3.22. The van der Waals surface area contributed by atoms with Gasteiger partial charge in [0.25, 0.3) is 0 Å². The molecule has 0 spiro atoms. The van der Waals surface area contributed by atoms with Gasteiger partial charge in [0.05, 0.1) is 16.6 Å². The molecule has 0 radical (unpaired) electrons. The second-order valence-corrected chi connectivity index (χ2v) is 3.90. The Hall–Kier alpha value is -0.430. The normalized spacial score (nSPS) is 11.0. The number of rotatable bonds is 1. The molecule has 2 rings (SSSR count). The zero-order valence-corrected chi connectivity index (χ0v) is 9.74. The maximum atomic E-state index is 6.03. The van der Waals surface area contributed by atoms with Gasteiger partial charge in [-0.1, -0.05) is 11.6 Å². The predicted molar refractivity (Wildman–Crippen MR) is 58.7 cm³/mol. The minimum absolute atomic E-state index is 0.630. The Bertz CT molecular complexity index is 453. The molecule has 6 heteroatoms. The highest BCUT2D eigenvalue weighted by Gasteiger charge is 2.10. The van der Waals surface area contributed by atoms with Crippen LogP contribution in [-0.2, 0) is 6.54 Å². The first-order valence-corrected chi connectivity index (χ1v) is 5.23. The molecule has 0 fully saturated rings. The van der Waals surface area contributed by atoms with Crippen molar-refractivity contribution in [2.45, 2.75) is 13.5 Å². The summed E-state index contributed by atoms with van der Waals surface area (Å²) in [6.45, 7) is 2.77. The molecule has 0 saturated carbocycles. The second-order valence-electron chi connectivity index (χ2n) is 2.50. The molecule has 68 valence electrons. The van der Waals surface area contributed by atoms with Crippen LogP contribution in [0.25, 0.3) is 11.0 Å². The van der Waals surface area contributed by atoms with E-state index in [0.717, 1.165) is 17.6 Å². The summed E-state index contributed by atoms with van der Waals surface area (Å²) < 4.78 is 2.48. The van der Waals surface area contributed by atoms with E-state index in [0.29, 0.717) is 8.72 Å². The fourth-order valence-corrected chi connectivity index (χ4v) is 1.69. The minimum Gasteiger partial charge on any atom is -0.246 e. The van der Waals surface area contributed by atoms with Crippen LogP contribution in [0.15, 0.2) is 6.20 Å². The zero-order chi connectivity index (χ0) is 9.42. The summed E-state index contributed by atoms with van der Waals surface area (Å²) in [6, 6.07) is 0. The Balaban J connectivity index is 2.81. The highest BCUT2D eigenvalue weighted by Crippen LogP contribution is 2.24. The molecule has 0 aromatic carbocycles. The van der Waals surface area contributed by atoms with Crippen LogP contribution in [0.3, 0.4) is 0 Å². The van der Waals surface area contributed by atoms with Crippen molar-refractivity contribution < 1.29 is 0 Å². The van der Waals surface area contributed by atoms with Gasteiger partial charge in [-0.3, -0.25) is 0 Å². The Morgan fingerprint density at radius 1 is 1.54 bits per heavy atom. The highest BCUT2D eigenvalue weighted by molar-refractivity contribution is 14.1. The fourth-order valence-electron chi connectivity index (χ4n) is 1.12. The second kappa shape index (κ2) is 3.38. The number of halogens is 2. The maximum Gasteiger partial charge on any atom is 0.181 e. The molecule has 0 aliphatic carbocycles. The van der Waals surface area contributed by atoms with Crippen LogP contribution in [0.4, 0.5) is 0 Å². The van der Waals surface area contributed by atoms with Crippen molar-refractivity contribution in [2.75, 3.05) is 0 Å². The monoisotopic (exact) mass is 308 g/mol. The number of hydrogen-bond donors (Lipinski definition) is 0. The van der Waals surface area contributed by atoms with Crippen LogP contribution in [0.1, 0.15) is 6.92 Å². The fraction of sp³-hybridized carbons (Fsp3) is 0.286. The summed E-state index contributed by atoms with van der Waals surface area (Å²) in [5.74, 6) is 0. The lowest BCUT2D eigenvalue weighted by atomic mass is 10.4. The molecule has 13 heavy (non-hydrogen) atoms. The average molecular weight is 309 g/mol. The molecule has 2 aromatic rings. The van der Waals surface area contributed by atoms with Crippen LogP contribution in [0.5, 0.6) is 0 Å². The molecular weight excluding hydrogens is 302 g/mol. The Labute approximate surface area is 93.4 Å². The van der Waals surface area contributed by atoms with Crippen molar-refractivity contribution in [3.05, 3.63) is 14.9 Å². The molecule has 0 aliphatic heterocycles. The lowest BCUT2D eigenvalue weighted by Gasteiger charge is -1.97. The van der Waals surface area contributed by atoms with Crippen molar-refractivity contribution in [3.63, 3.8) is 0 Å². The molecule has 0 saturated heterocycles. The van der Waals surface area contributed by atoms with Gasteiger partial charge in [0.2, 0.25) is 0 Å².